The molecule has 2 atom stereocenters. The van der Waals surface area contributed by atoms with Gasteiger partial charge in [-0.2, -0.15) is 0 Å². The molecule has 0 saturated heterocycles. The summed E-state index contributed by atoms with van der Waals surface area (Å²) >= 11 is 0. The van der Waals surface area contributed by atoms with Crippen LogP contribution in [0.25, 0.3) is 0 Å². The summed E-state index contributed by atoms with van der Waals surface area (Å²) in [5.74, 6) is -0.824. The highest BCUT2D eigenvalue weighted by Gasteiger charge is 2.21. The van der Waals surface area contributed by atoms with Crippen LogP contribution in [0.15, 0.2) is 78.9 Å². The lowest BCUT2D eigenvalue weighted by atomic mass is 9.86. The van der Waals surface area contributed by atoms with Gasteiger partial charge in [-0.25, -0.2) is 4.79 Å². The van der Waals surface area contributed by atoms with Gasteiger partial charge in [0.2, 0.25) is 0 Å². The SMILES string of the molecule is CC(C)N(CC[C@H](c1ccccc1)c1cc(CO)ccc1O)C(C)C.O=C(O)C(O)c1ccccc1. The summed E-state index contributed by atoms with van der Waals surface area (Å²) in [6, 6.07) is 24.9. The number of phenols is 1. The summed E-state index contributed by atoms with van der Waals surface area (Å²) in [6.45, 7) is 9.84. The second-order valence-electron chi connectivity index (χ2n) is 9.38. The Bertz CT molecular complexity index is 1050. The minimum Gasteiger partial charge on any atom is -0.508 e. The van der Waals surface area contributed by atoms with E-state index >= 15 is 0 Å². The number of aromatic hydroxyl groups is 1. The van der Waals surface area contributed by atoms with Gasteiger partial charge in [-0.1, -0.05) is 66.7 Å². The number of phenolic OH excluding ortho intramolecular Hbond substituents is 1. The van der Waals surface area contributed by atoms with E-state index in [1.165, 1.54) is 5.56 Å². The molecule has 0 spiro atoms. The molecular formula is C30H39NO5. The quantitative estimate of drug-likeness (QED) is 0.305. The molecule has 3 aromatic carbocycles. The molecule has 6 heteroatoms. The zero-order valence-corrected chi connectivity index (χ0v) is 21.6. The van der Waals surface area contributed by atoms with Crippen molar-refractivity contribution in [1.82, 2.24) is 4.90 Å². The standard InChI is InChI=1S/C22H31NO2.C8H8O3/c1-16(2)23(17(3)4)13-12-20(19-8-6-5-7-9-19)21-14-18(15-24)10-11-22(21)25;9-7(8(10)11)6-4-2-1-3-5-6/h5-11,14,16-17,20,24-25H,12-13,15H2,1-4H3;1-5,7,9H,(H,10,11)/t20-;/m1./s1. The number of benzene rings is 3. The van der Waals surface area contributed by atoms with E-state index in [9.17, 15) is 15.0 Å². The van der Waals surface area contributed by atoms with Crippen molar-refractivity contribution in [3.05, 3.63) is 101 Å². The molecule has 0 aliphatic rings. The Morgan fingerprint density at radius 1 is 0.833 bits per heavy atom. The summed E-state index contributed by atoms with van der Waals surface area (Å²) in [5, 5.41) is 37.3. The van der Waals surface area contributed by atoms with Crippen molar-refractivity contribution < 1.29 is 25.2 Å². The number of aliphatic carboxylic acids is 1. The van der Waals surface area contributed by atoms with Gasteiger partial charge in [0.05, 0.1) is 6.61 Å². The van der Waals surface area contributed by atoms with Crippen LogP contribution < -0.4 is 0 Å². The first kappa shape index (κ1) is 29.0. The van der Waals surface area contributed by atoms with Crippen LogP contribution >= 0.6 is 0 Å². The van der Waals surface area contributed by atoms with Crippen LogP contribution in [0.4, 0.5) is 0 Å². The number of hydrogen-bond acceptors (Lipinski definition) is 5. The van der Waals surface area contributed by atoms with Crippen molar-refractivity contribution in [3.8, 4) is 5.75 Å². The third kappa shape index (κ3) is 8.48. The normalized spacial score (nSPS) is 12.8. The number of aliphatic hydroxyl groups excluding tert-OH is 2. The van der Waals surface area contributed by atoms with Crippen molar-refractivity contribution in [2.75, 3.05) is 6.54 Å². The molecule has 0 aromatic heterocycles. The van der Waals surface area contributed by atoms with Gasteiger partial charge >= 0.3 is 5.97 Å². The molecule has 0 radical (unpaired) electrons. The van der Waals surface area contributed by atoms with Gasteiger partial charge in [0.1, 0.15) is 5.75 Å². The molecule has 4 N–H and O–H groups in total. The van der Waals surface area contributed by atoms with Gasteiger partial charge in [0, 0.05) is 23.6 Å². The number of rotatable bonds is 10. The number of nitrogens with zero attached hydrogens (tertiary/aromatic N) is 1. The number of aliphatic hydroxyl groups is 2. The minimum absolute atomic E-state index is 0.0150. The first-order chi connectivity index (χ1) is 17.1. The van der Waals surface area contributed by atoms with E-state index in [0.29, 0.717) is 23.4 Å². The van der Waals surface area contributed by atoms with Crippen LogP contribution in [0.2, 0.25) is 0 Å². The topological polar surface area (TPSA) is 101 Å². The number of carbonyl (C=O) groups is 1. The summed E-state index contributed by atoms with van der Waals surface area (Å²) in [5.41, 5.74) is 3.32. The fourth-order valence-corrected chi connectivity index (χ4v) is 4.34. The average Bonchev–Trinajstić information content (AvgIpc) is 2.87. The predicted octanol–water partition coefficient (Wildman–Crippen LogP) is 5.33. The van der Waals surface area contributed by atoms with Crippen LogP contribution in [0.3, 0.4) is 0 Å². The maximum absolute atomic E-state index is 10.5. The van der Waals surface area contributed by atoms with E-state index in [4.69, 9.17) is 10.2 Å². The molecule has 0 heterocycles. The van der Waals surface area contributed by atoms with E-state index in [2.05, 4.69) is 44.7 Å². The monoisotopic (exact) mass is 493 g/mol. The molecule has 3 rings (SSSR count). The fourth-order valence-electron chi connectivity index (χ4n) is 4.34. The molecule has 1 unspecified atom stereocenters. The number of carboxylic acid groups (broad SMARTS) is 1. The molecule has 0 aliphatic heterocycles. The van der Waals surface area contributed by atoms with Crippen molar-refractivity contribution in [2.24, 2.45) is 0 Å². The second kappa shape index (κ2) is 14.4. The Balaban J connectivity index is 0.000000346. The molecule has 0 bridgehead atoms. The van der Waals surface area contributed by atoms with Crippen LogP contribution in [0.5, 0.6) is 5.75 Å². The van der Waals surface area contributed by atoms with E-state index in [1.54, 1.807) is 42.5 Å². The molecule has 6 nitrogen and oxygen atoms in total. The molecule has 0 aliphatic carbocycles. The first-order valence-electron chi connectivity index (χ1n) is 12.3. The number of hydrogen-bond donors (Lipinski definition) is 4. The van der Waals surface area contributed by atoms with E-state index in [0.717, 1.165) is 24.1 Å². The molecule has 36 heavy (non-hydrogen) atoms. The molecule has 0 fully saturated rings. The van der Waals surface area contributed by atoms with E-state index in [-0.39, 0.29) is 12.5 Å². The van der Waals surface area contributed by atoms with Gasteiger partial charge in [-0.05, 0) is 69.5 Å². The Hall–Kier alpha value is -3.19. The van der Waals surface area contributed by atoms with Crippen molar-refractivity contribution >= 4 is 5.97 Å². The summed E-state index contributed by atoms with van der Waals surface area (Å²) in [7, 11) is 0. The number of carboxylic acids is 1. The molecule has 0 amide bonds. The highest BCUT2D eigenvalue weighted by molar-refractivity contribution is 5.73. The largest absolute Gasteiger partial charge is 0.508 e. The van der Waals surface area contributed by atoms with Gasteiger partial charge in [0.15, 0.2) is 6.10 Å². The maximum Gasteiger partial charge on any atom is 0.337 e. The minimum atomic E-state index is -1.41. The molecular weight excluding hydrogens is 454 g/mol. The lowest BCUT2D eigenvalue weighted by Crippen LogP contribution is -2.38. The lowest BCUT2D eigenvalue weighted by Gasteiger charge is -2.32. The summed E-state index contributed by atoms with van der Waals surface area (Å²) < 4.78 is 0. The van der Waals surface area contributed by atoms with Crippen molar-refractivity contribution in [2.45, 2.75) is 64.8 Å². The Morgan fingerprint density at radius 3 is 1.83 bits per heavy atom. The van der Waals surface area contributed by atoms with Crippen LogP contribution in [-0.2, 0) is 11.4 Å². The average molecular weight is 494 g/mol. The van der Waals surface area contributed by atoms with Crippen molar-refractivity contribution in [3.63, 3.8) is 0 Å². The smallest absolute Gasteiger partial charge is 0.337 e. The van der Waals surface area contributed by atoms with Gasteiger partial charge in [-0.3, -0.25) is 4.90 Å². The summed E-state index contributed by atoms with van der Waals surface area (Å²) in [4.78, 5) is 12.7. The zero-order chi connectivity index (χ0) is 26.7. The molecule has 3 aromatic rings. The molecule has 194 valence electrons. The third-order valence-electron chi connectivity index (χ3n) is 6.20. The van der Waals surface area contributed by atoms with Crippen LogP contribution in [-0.4, -0.2) is 49.9 Å². The van der Waals surface area contributed by atoms with E-state index in [1.807, 2.05) is 24.3 Å². The Kier molecular flexibility index (Phi) is 11.6. The highest BCUT2D eigenvalue weighted by atomic mass is 16.4. The first-order valence-corrected chi connectivity index (χ1v) is 12.3. The van der Waals surface area contributed by atoms with E-state index < -0.39 is 12.1 Å². The van der Waals surface area contributed by atoms with Gasteiger partial charge in [0.25, 0.3) is 0 Å². The van der Waals surface area contributed by atoms with Gasteiger partial charge < -0.3 is 20.4 Å². The summed E-state index contributed by atoms with van der Waals surface area (Å²) in [6.07, 6.45) is -0.487. The maximum atomic E-state index is 10.5. The zero-order valence-electron chi connectivity index (χ0n) is 21.6. The third-order valence-corrected chi connectivity index (χ3v) is 6.20. The predicted molar refractivity (Wildman–Crippen MR) is 143 cm³/mol. The highest BCUT2D eigenvalue weighted by Crippen LogP contribution is 2.35. The van der Waals surface area contributed by atoms with Gasteiger partial charge in [-0.15, -0.1) is 0 Å². The second-order valence-corrected chi connectivity index (χ2v) is 9.38. The molecule has 0 saturated carbocycles. The lowest BCUT2D eigenvalue weighted by molar-refractivity contribution is -0.146. The fraction of sp³-hybridized carbons (Fsp3) is 0.367. The van der Waals surface area contributed by atoms with Crippen LogP contribution in [0.1, 0.15) is 68.4 Å². The van der Waals surface area contributed by atoms with Crippen LogP contribution in [0, 0.1) is 0 Å². The van der Waals surface area contributed by atoms with Crippen molar-refractivity contribution in [1.29, 1.82) is 0 Å². The Labute approximate surface area is 214 Å². The Morgan fingerprint density at radius 2 is 1.36 bits per heavy atom.